The molecular formula is C15H21NO3. The van der Waals surface area contributed by atoms with Crippen LogP contribution in [0.3, 0.4) is 0 Å². The lowest BCUT2D eigenvalue weighted by molar-refractivity contribution is 0.0130. The van der Waals surface area contributed by atoms with Crippen molar-refractivity contribution in [3.63, 3.8) is 0 Å². The SMILES string of the molecule is COC(=O)c1ccc(CNC2CCOC(C)C2)cc1. The molecule has 1 aromatic carbocycles. The summed E-state index contributed by atoms with van der Waals surface area (Å²) in [6.45, 7) is 3.76. The summed E-state index contributed by atoms with van der Waals surface area (Å²) < 4.78 is 10.2. The summed E-state index contributed by atoms with van der Waals surface area (Å²) in [4.78, 5) is 11.3. The third kappa shape index (κ3) is 4.04. The van der Waals surface area contributed by atoms with Gasteiger partial charge >= 0.3 is 5.97 Å². The van der Waals surface area contributed by atoms with Crippen molar-refractivity contribution in [2.45, 2.75) is 38.5 Å². The monoisotopic (exact) mass is 263 g/mol. The molecule has 0 spiro atoms. The van der Waals surface area contributed by atoms with Crippen molar-refractivity contribution < 1.29 is 14.3 Å². The molecule has 1 heterocycles. The van der Waals surface area contributed by atoms with Gasteiger partial charge in [0.1, 0.15) is 0 Å². The molecule has 0 bridgehead atoms. The quantitative estimate of drug-likeness (QED) is 0.845. The fourth-order valence-corrected chi connectivity index (χ4v) is 2.32. The van der Waals surface area contributed by atoms with Crippen LogP contribution < -0.4 is 5.32 Å². The third-order valence-corrected chi connectivity index (χ3v) is 3.46. The molecule has 0 amide bonds. The predicted octanol–water partition coefficient (Wildman–Crippen LogP) is 2.13. The van der Waals surface area contributed by atoms with Crippen LogP contribution in [0.1, 0.15) is 35.7 Å². The Morgan fingerprint density at radius 2 is 2.16 bits per heavy atom. The van der Waals surface area contributed by atoms with Crippen LogP contribution in [0.2, 0.25) is 0 Å². The molecule has 1 aliphatic rings. The second kappa shape index (κ2) is 6.68. The minimum absolute atomic E-state index is 0.294. The highest BCUT2D eigenvalue weighted by Crippen LogP contribution is 2.14. The van der Waals surface area contributed by atoms with Crippen molar-refractivity contribution >= 4 is 5.97 Å². The molecule has 104 valence electrons. The smallest absolute Gasteiger partial charge is 0.337 e. The summed E-state index contributed by atoms with van der Waals surface area (Å²) in [6.07, 6.45) is 2.46. The van der Waals surface area contributed by atoms with Crippen LogP contribution in [0.5, 0.6) is 0 Å². The van der Waals surface area contributed by atoms with Gasteiger partial charge < -0.3 is 14.8 Å². The first kappa shape index (κ1) is 14.0. The summed E-state index contributed by atoms with van der Waals surface area (Å²) in [5, 5.41) is 3.53. The van der Waals surface area contributed by atoms with E-state index in [-0.39, 0.29) is 5.97 Å². The highest BCUT2D eigenvalue weighted by Gasteiger charge is 2.18. The molecule has 0 radical (unpaired) electrons. The molecule has 1 aliphatic heterocycles. The van der Waals surface area contributed by atoms with E-state index in [1.54, 1.807) is 12.1 Å². The molecule has 1 fully saturated rings. The zero-order chi connectivity index (χ0) is 13.7. The van der Waals surface area contributed by atoms with Crippen LogP contribution >= 0.6 is 0 Å². The Hall–Kier alpha value is -1.39. The standard InChI is InChI=1S/C15H21NO3/c1-11-9-14(7-8-19-11)16-10-12-3-5-13(6-4-12)15(17)18-2/h3-6,11,14,16H,7-10H2,1-2H3. The van der Waals surface area contributed by atoms with Crippen molar-refractivity contribution in [1.29, 1.82) is 0 Å². The lowest BCUT2D eigenvalue weighted by Crippen LogP contribution is -2.37. The second-order valence-electron chi connectivity index (χ2n) is 4.97. The molecule has 4 nitrogen and oxygen atoms in total. The molecule has 0 aliphatic carbocycles. The Kier molecular flexibility index (Phi) is 4.93. The van der Waals surface area contributed by atoms with E-state index in [0.29, 0.717) is 17.7 Å². The zero-order valence-electron chi connectivity index (χ0n) is 11.5. The summed E-state index contributed by atoms with van der Waals surface area (Å²) >= 11 is 0. The Labute approximate surface area is 114 Å². The first-order valence-electron chi connectivity index (χ1n) is 6.71. The van der Waals surface area contributed by atoms with Crippen LogP contribution in [0.4, 0.5) is 0 Å². The lowest BCUT2D eigenvalue weighted by atomic mass is 10.0. The van der Waals surface area contributed by atoms with Gasteiger partial charge in [-0.05, 0) is 37.5 Å². The molecule has 0 saturated carbocycles. The van der Waals surface area contributed by atoms with Gasteiger partial charge in [0.25, 0.3) is 0 Å². The molecule has 2 unspecified atom stereocenters. The predicted molar refractivity (Wildman–Crippen MR) is 73.1 cm³/mol. The normalized spacial score (nSPS) is 23.1. The number of methoxy groups -OCH3 is 1. The fraction of sp³-hybridized carbons (Fsp3) is 0.533. The van der Waals surface area contributed by atoms with Gasteiger partial charge in [0.2, 0.25) is 0 Å². The van der Waals surface area contributed by atoms with Crippen LogP contribution in [0, 0.1) is 0 Å². The van der Waals surface area contributed by atoms with Crippen molar-refractivity contribution in [2.24, 2.45) is 0 Å². The van der Waals surface area contributed by atoms with Gasteiger partial charge in [-0.15, -0.1) is 0 Å². The van der Waals surface area contributed by atoms with Gasteiger partial charge in [-0.1, -0.05) is 12.1 Å². The maximum atomic E-state index is 11.3. The number of rotatable bonds is 4. The Bertz CT molecular complexity index is 416. The van der Waals surface area contributed by atoms with Gasteiger partial charge in [0.05, 0.1) is 18.8 Å². The number of esters is 1. The van der Waals surface area contributed by atoms with E-state index < -0.39 is 0 Å². The third-order valence-electron chi connectivity index (χ3n) is 3.46. The molecule has 2 atom stereocenters. The molecule has 4 heteroatoms. The number of benzene rings is 1. The van der Waals surface area contributed by atoms with Crippen LogP contribution in [0.25, 0.3) is 0 Å². The van der Waals surface area contributed by atoms with E-state index in [2.05, 4.69) is 17.0 Å². The number of carbonyl (C=O) groups excluding carboxylic acids is 1. The number of ether oxygens (including phenoxy) is 2. The Morgan fingerprint density at radius 3 is 2.79 bits per heavy atom. The molecule has 1 aromatic rings. The Morgan fingerprint density at radius 1 is 1.42 bits per heavy atom. The molecule has 1 N–H and O–H groups in total. The number of carbonyl (C=O) groups is 1. The molecular weight excluding hydrogens is 242 g/mol. The van der Waals surface area contributed by atoms with Crippen LogP contribution in [-0.4, -0.2) is 31.8 Å². The first-order chi connectivity index (χ1) is 9.19. The zero-order valence-corrected chi connectivity index (χ0v) is 11.5. The first-order valence-corrected chi connectivity index (χ1v) is 6.71. The fourth-order valence-electron chi connectivity index (χ4n) is 2.32. The number of nitrogens with one attached hydrogen (secondary N) is 1. The molecule has 0 aromatic heterocycles. The van der Waals surface area contributed by atoms with Crippen molar-refractivity contribution in [1.82, 2.24) is 5.32 Å². The minimum atomic E-state index is -0.294. The summed E-state index contributed by atoms with van der Waals surface area (Å²) in [5.74, 6) is -0.294. The molecule has 19 heavy (non-hydrogen) atoms. The summed E-state index contributed by atoms with van der Waals surface area (Å²) in [6, 6.07) is 8.04. The number of hydrogen-bond acceptors (Lipinski definition) is 4. The minimum Gasteiger partial charge on any atom is -0.465 e. The lowest BCUT2D eigenvalue weighted by Gasteiger charge is -2.28. The van der Waals surface area contributed by atoms with Crippen molar-refractivity contribution in [3.8, 4) is 0 Å². The van der Waals surface area contributed by atoms with Gasteiger partial charge in [-0.2, -0.15) is 0 Å². The van der Waals surface area contributed by atoms with Crippen molar-refractivity contribution in [3.05, 3.63) is 35.4 Å². The molecule has 1 saturated heterocycles. The van der Waals surface area contributed by atoms with E-state index in [9.17, 15) is 4.79 Å². The molecule has 2 rings (SSSR count). The average molecular weight is 263 g/mol. The van der Waals surface area contributed by atoms with Gasteiger partial charge in [0.15, 0.2) is 0 Å². The maximum Gasteiger partial charge on any atom is 0.337 e. The highest BCUT2D eigenvalue weighted by atomic mass is 16.5. The van der Waals surface area contributed by atoms with Crippen LogP contribution in [-0.2, 0) is 16.0 Å². The van der Waals surface area contributed by atoms with Gasteiger partial charge in [-0.25, -0.2) is 4.79 Å². The van der Waals surface area contributed by atoms with E-state index in [4.69, 9.17) is 4.74 Å². The maximum absolute atomic E-state index is 11.3. The van der Waals surface area contributed by atoms with Gasteiger partial charge in [-0.3, -0.25) is 0 Å². The van der Waals surface area contributed by atoms with E-state index >= 15 is 0 Å². The summed E-state index contributed by atoms with van der Waals surface area (Å²) in [7, 11) is 1.39. The second-order valence-corrected chi connectivity index (χ2v) is 4.97. The number of hydrogen-bond donors (Lipinski definition) is 1. The van der Waals surface area contributed by atoms with Gasteiger partial charge in [0, 0.05) is 19.2 Å². The average Bonchev–Trinajstić information content (AvgIpc) is 2.45. The highest BCUT2D eigenvalue weighted by molar-refractivity contribution is 5.89. The van der Waals surface area contributed by atoms with E-state index in [1.165, 1.54) is 12.7 Å². The topological polar surface area (TPSA) is 47.6 Å². The summed E-state index contributed by atoms with van der Waals surface area (Å²) in [5.41, 5.74) is 1.76. The van der Waals surface area contributed by atoms with Crippen LogP contribution in [0.15, 0.2) is 24.3 Å². The Balaban J connectivity index is 1.84. The largest absolute Gasteiger partial charge is 0.465 e. The van der Waals surface area contributed by atoms with Crippen molar-refractivity contribution in [2.75, 3.05) is 13.7 Å². The van der Waals surface area contributed by atoms with E-state index in [1.807, 2.05) is 12.1 Å². The van der Waals surface area contributed by atoms with E-state index in [0.717, 1.165) is 26.0 Å².